The highest BCUT2D eigenvalue weighted by Gasteiger charge is 2.49. The second kappa shape index (κ2) is 15.5. The van der Waals surface area contributed by atoms with Crippen molar-refractivity contribution in [2.24, 2.45) is 5.92 Å². The molecule has 1 saturated heterocycles. The molecule has 0 unspecified atom stereocenters. The molecule has 1 aliphatic heterocycles. The van der Waals surface area contributed by atoms with E-state index in [0.717, 1.165) is 28.0 Å². The molecule has 1 fully saturated rings. The summed E-state index contributed by atoms with van der Waals surface area (Å²) in [6.45, 7) is 0.340. The number of allylic oxidation sites excluding steroid dienone is 4. The average molecular weight is 682 g/mol. The fourth-order valence-electron chi connectivity index (χ4n) is 6.71. The van der Waals surface area contributed by atoms with Crippen LogP contribution in [0.4, 0.5) is 10.1 Å². The maximum atomic E-state index is 13.8. The summed E-state index contributed by atoms with van der Waals surface area (Å²) in [5.41, 5.74) is 5.36. The number of ether oxygens (including phenoxy) is 1. The smallest absolute Gasteiger partial charge is 0.356 e. The molecule has 49 heavy (non-hydrogen) atoms. The van der Waals surface area contributed by atoms with Crippen LogP contribution in [0.5, 0.6) is 5.75 Å². The Morgan fingerprint density at radius 2 is 1.59 bits per heavy atom. The van der Waals surface area contributed by atoms with E-state index in [-0.39, 0.29) is 17.8 Å². The summed E-state index contributed by atoms with van der Waals surface area (Å²) in [7, 11) is -0.522. The second-order valence-electron chi connectivity index (χ2n) is 12.3. The highest BCUT2D eigenvalue weighted by molar-refractivity contribution is 7.58. The highest BCUT2D eigenvalue weighted by Crippen LogP contribution is 2.57. The molecule has 0 bridgehead atoms. The van der Waals surface area contributed by atoms with Crippen molar-refractivity contribution in [2.75, 3.05) is 19.1 Å². The third kappa shape index (κ3) is 7.63. The van der Waals surface area contributed by atoms with Crippen LogP contribution < -0.4 is 9.64 Å². The summed E-state index contributed by atoms with van der Waals surface area (Å²) in [6.07, 6.45) is 5.75. The minimum Gasteiger partial charge on any atom is -0.489 e. The lowest BCUT2D eigenvalue weighted by Crippen LogP contribution is -2.55. The fraction of sp³-hybridized carbons (Fsp3) is 0.275. The molecule has 1 aliphatic carbocycles. The highest BCUT2D eigenvalue weighted by atomic mass is 31.2. The Morgan fingerprint density at radius 3 is 2.29 bits per heavy atom. The Balaban J connectivity index is 1.32. The lowest BCUT2D eigenvalue weighted by Gasteiger charge is -2.48. The van der Waals surface area contributed by atoms with Gasteiger partial charge in [0.2, 0.25) is 5.91 Å². The van der Waals surface area contributed by atoms with Gasteiger partial charge in [0.25, 0.3) is 0 Å². The van der Waals surface area contributed by atoms with Crippen molar-refractivity contribution in [1.29, 1.82) is 0 Å². The number of carbonyl (C=O) groups excluding carboxylic acids is 1. The van der Waals surface area contributed by atoms with E-state index in [0.29, 0.717) is 55.3 Å². The van der Waals surface area contributed by atoms with Gasteiger partial charge in [-0.25, -0.2) is 4.39 Å². The molecule has 1 heterocycles. The first-order valence-electron chi connectivity index (χ1n) is 16.5. The van der Waals surface area contributed by atoms with E-state index in [1.807, 2.05) is 83.8 Å². The monoisotopic (exact) mass is 681 g/mol. The molecule has 254 valence electrons. The van der Waals surface area contributed by atoms with Gasteiger partial charge >= 0.3 is 7.60 Å². The molecule has 0 spiro atoms. The molecule has 0 aromatic heterocycles. The normalized spacial score (nSPS) is 18.6. The summed E-state index contributed by atoms with van der Waals surface area (Å²) < 4.78 is 43.7. The number of halogens is 1. The fourth-order valence-corrected chi connectivity index (χ4v) is 8.05. The number of β-lactam (4-membered cyclic amide) rings is 1. The number of carbonyl (C=O) groups is 1. The summed E-state index contributed by atoms with van der Waals surface area (Å²) in [4.78, 5) is 15.7. The van der Waals surface area contributed by atoms with E-state index in [2.05, 4.69) is 12.1 Å². The topological polar surface area (TPSA) is 85.3 Å². The number of nitrogens with zero attached hydrogens (tertiary/aromatic N) is 1. The van der Waals surface area contributed by atoms with E-state index in [9.17, 15) is 18.9 Å². The van der Waals surface area contributed by atoms with E-state index < -0.39 is 19.6 Å². The van der Waals surface area contributed by atoms with Gasteiger partial charge in [-0.1, -0.05) is 84.9 Å². The van der Waals surface area contributed by atoms with Crippen LogP contribution in [0, 0.1) is 11.7 Å². The molecule has 0 saturated carbocycles. The number of anilines is 1. The number of amides is 1. The number of hydrogen-bond donors (Lipinski definition) is 1. The number of para-hydroxylation sites is 1. The SMILES string of the molecule is COP(=O)(OC)C1=CCC=C(c2ccc([C@@H]3[C@@H](CC[C@H](O)c4ccc(F)cc4)C(=O)N3c3ccccc3)c(OCc3ccccc3)c2)CC1. The van der Waals surface area contributed by atoms with Gasteiger partial charge in [-0.15, -0.1) is 0 Å². The number of aliphatic hydroxyl groups excluding tert-OH is 1. The van der Waals surface area contributed by atoms with Gasteiger partial charge in [0.15, 0.2) is 0 Å². The zero-order valence-electron chi connectivity index (χ0n) is 27.7. The number of rotatable bonds is 13. The Labute approximate surface area is 287 Å². The second-order valence-corrected chi connectivity index (χ2v) is 14.6. The molecule has 0 radical (unpaired) electrons. The lowest BCUT2D eigenvalue weighted by molar-refractivity contribution is -0.131. The van der Waals surface area contributed by atoms with Crippen LogP contribution in [-0.2, 0) is 25.0 Å². The molecule has 1 amide bonds. The molecule has 9 heteroatoms. The summed E-state index contributed by atoms with van der Waals surface area (Å²) >= 11 is 0. The number of aliphatic hydroxyl groups is 1. The maximum absolute atomic E-state index is 13.8. The molecule has 1 N–H and O–H groups in total. The van der Waals surface area contributed by atoms with Gasteiger partial charge in [-0.3, -0.25) is 9.36 Å². The molecule has 4 aromatic rings. The maximum Gasteiger partial charge on any atom is 0.356 e. The van der Waals surface area contributed by atoms with Gasteiger partial charge in [-0.2, -0.15) is 0 Å². The van der Waals surface area contributed by atoms with E-state index in [1.54, 1.807) is 12.1 Å². The first kappa shape index (κ1) is 34.5. The largest absolute Gasteiger partial charge is 0.489 e. The van der Waals surface area contributed by atoms with Crippen LogP contribution in [0.2, 0.25) is 0 Å². The summed E-state index contributed by atoms with van der Waals surface area (Å²) in [5.74, 6) is -0.120. The minimum absolute atomic E-state index is 0.0219. The molecule has 7 nitrogen and oxygen atoms in total. The van der Waals surface area contributed by atoms with Crippen LogP contribution in [-0.4, -0.2) is 25.2 Å². The van der Waals surface area contributed by atoms with Gasteiger partial charge < -0.3 is 23.8 Å². The minimum atomic E-state index is -3.33. The van der Waals surface area contributed by atoms with Gasteiger partial charge in [0.1, 0.15) is 18.2 Å². The van der Waals surface area contributed by atoms with Gasteiger partial charge in [0.05, 0.1) is 18.1 Å². The van der Waals surface area contributed by atoms with E-state index in [4.69, 9.17) is 13.8 Å². The van der Waals surface area contributed by atoms with Crippen LogP contribution in [0.1, 0.15) is 66.5 Å². The van der Waals surface area contributed by atoms with Crippen LogP contribution >= 0.6 is 7.60 Å². The Bertz CT molecular complexity index is 1850. The van der Waals surface area contributed by atoms with Crippen molar-refractivity contribution in [3.05, 3.63) is 149 Å². The average Bonchev–Trinajstić information content (AvgIpc) is 3.41. The van der Waals surface area contributed by atoms with Crippen LogP contribution in [0.3, 0.4) is 0 Å². The van der Waals surface area contributed by atoms with Crippen molar-refractivity contribution >= 4 is 24.8 Å². The molecule has 3 atom stereocenters. The van der Waals surface area contributed by atoms with Crippen molar-refractivity contribution in [3.8, 4) is 5.75 Å². The van der Waals surface area contributed by atoms with Crippen LogP contribution in [0.15, 0.2) is 121 Å². The molecular weight excluding hydrogens is 640 g/mol. The Morgan fingerprint density at radius 1 is 0.898 bits per heavy atom. The van der Waals surface area contributed by atoms with Crippen molar-refractivity contribution in [3.63, 3.8) is 0 Å². The van der Waals surface area contributed by atoms with Crippen LogP contribution in [0.25, 0.3) is 5.57 Å². The third-order valence-electron chi connectivity index (χ3n) is 9.40. The molecule has 2 aliphatic rings. The van der Waals surface area contributed by atoms with E-state index >= 15 is 0 Å². The van der Waals surface area contributed by atoms with Gasteiger partial charge in [-0.05, 0) is 84.7 Å². The van der Waals surface area contributed by atoms with Crippen molar-refractivity contribution in [1.82, 2.24) is 0 Å². The molecular formula is C40H41FNO6P. The summed E-state index contributed by atoms with van der Waals surface area (Å²) in [6, 6.07) is 31.1. The number of hydrogen-bond acceptors (Lipinski definition) is 6. The third-order valence-corrected chi connectivity index (χ3v) is 11.5. The van der Waals surface area contributed by atoms with E-state index in [1.165, 1.54) is 26.4 Å². The standard InChI is InChI=1S/C40H41FNO6P/c1-46-49(45,47-2)34-15-9-12-29(18-22-34)31-19-23-35(38(26-31)48-27-28-10-5-3-6-11-28)39-36(40(44)42(39)33-13-7-4-8-14-33)24-25-37(43)30-16-20-32(41)21-17-30/h3-8,10-17,19-21,23,26,36-37,39,43H,9,18,22,24-25,27H2,1-2H3/t36-,37+,39-/m1/s1. The van der Waals surface area contributed by atoms with Crippen molar-refractivity contribution < 1.29 is 32.6 Å². The molecule has 6 rings (SSSR count). The van der Waals surface area contributed by atoms with Gasteiger partial charge in [0, 0.05) is 30.8 Å². The molecule has 4 aromatic carbocycles. The first-order valence-corrected chi connectivity index (χ1v) is 18.1. The predicted molar refractivity (Wildman–Crippen MR) is 190 cm³/mol. The summed E-state index contributed by atoms with van der Waals surface area (Å²) in [5, 5.41) is 11.6. The quantitative estimate of drug-likeness (QED) is 0.112. The Hall–Kier alpha value is -4.33. The lowest BCUT2D eigenvalue weighted by atomic mass is 9.77. The van der Waals surface area contributed by atoms with Crippen molar-refractivity contribution in [2.45, 2.75) is 50.9 Å². The Kier molecular flexibility index (Phi) is 10.9. The first-order chi connectivity index (χ1) is 23.8. The number of benzene rings is 4. The zero-order valence-corrected chi connectivity index (χ0v) is 28.6. The predicted octanol–water partition coefficient (Wildman–Crippen LogP) is 9.56. The zero-order chi connectivity index (χ0) is 34.4.